The Bertz CT molecular complexity index is 1440. The van der Waals surface area contributed by atoms with Gasteiger partial charge in [-0.05, 0) is 44.4 Å². The molecule has 15 atom stereocenters. The number of hydrogen-bond donors (Lipinski definition) is 8. The molecule has 18 nitrogen and oxygen atoms in total. The molecule has 5 aliphatic rings. The first-order chi connectivity index (χ1) is 28.4. The molecule has 0 bridgehead atoms. The van der Waals surface area contributed by atoms with Gasteiger partial charge in [-0.3, -0.25) is 19.2 Å². The SMILES string of the molecule is CC[C@@H]1CC(C(=O)NCCNC(=O)C(F)(F)F)CC(O[C@@H]2O[C@@H](CO)C(O)C(O[C@@H](CC3CCCCC3)C(=O)N3CCC3)C2NC(C)=O)C1OC1OC(C)C(O)C(O)C1O. The van der Waals surface area contributed by atoms with E-state index in [1.54, 1.807) is 17.1 Å². The van der Waals surface area contributed by atoms with E-state index in [0.29, 0.717) is 25.9 Å². The van der Waals surface area contributed by atoms with E-state index in [2.05, 4.69) is 10.6 Å². The molecule has 3 heterocycles. The second-order valence-electron chi connectivity index (χ2n) is 16.8. The largest absolute Gasteiger partial charge is 0.471 e. The number of rotatable bonds is 16. The number of alkyl halides is 3. The van der Waals surface area contributed by atoms with Crippen LogP contribution in [0.1, 0.15) is 85.0 Å². The van der Waals surface area contributed by atoms with Gasteiger partial charge in [-0.15, -0.1) is 0 Å². The molecule has 0 aromatic heterocycles. The summed E-state index contributed by atoms with van der Waals surface area (Å²) in [6.07, 6.45) is -14.8. The number of likely N-dealkylation sites (tertiary alicyclic amines) is 1. The minimum atomic E-state index is -5.10. The number of carbonyl (C=O) groups excluding carboxylic acids is 4. The van der Waals surface area contributed by atoms with E-state index in [9.17, 15) is 57.9 Å². The van der Waals surface area contributed by atoms with Crippen LogP contribution in [0.3, 0.4) is 0 Å². The first-order valence-corrected chi connectivity index (χ1v) is 21.2. The molecular formula is C39H63F3N4O14. The summed E-state index contributed by atoms with van der Waals surface area (Å²) in [5.41, 5.74) is 0. The maximum Gasteiger partial charge on any atom is 0.471 e. The van der Waals surface area contributed by atoms with Crippen LogP contribution in [0.5, 0.6) is 0 Å². The summed E-state index contributed by atoms with van der Waals surface area (Å²) in [6.45, 7) is 4.03. The van der Waals surface area contributed by atoms with Gasteiger partial charge in [0.2, 0.25) is 11.8 Å². The normalized spacial score (nSPS) is 37.1. The number of nitrogens with zero attached hydrogens (tertiary/aromatic N) is 1. The van der Waals surface area contributed by atoms with Crippen LogP contribution < -0.4 is 16.0 Å². The van der Waals surface area contributed by atoms with Gasteiger partial charge in [0.1, 0.15) is 48.8 Å². The maximum absolute atomic E-state index is 13.9. The third-order valence-electron chi connectivity index (χ3n) is 12.5. The van der Waals surface area contributed by atoms with Crippen molar-refractivity contribution in [2.24, 2.45) is 17.8 Å². The highest BCUT2D eigenvalue weighted by Crippen LogP contribution is 2.40. The summed E-state index contributed by atoms with van der Waals surface area (Å²) in [6, 6.07) is -1.29. The van der Waals surface area contributed by atoms with Gasteiger partial charge >= 0.3 is 12.1 Å². The van der Waals surface area contributed by atoms with E-state index in [4.69, 9.17) is 23.7 Å². The van der Waals surface area contributed by atoms with E-state index >= 15 is 0 Å². The second-order valence-corrected chi connectivity index (χ2v) is 16.8. The lowest BCUT2D eigenvalue weighted by molar-refractivity contribution is -0.338. The van der Waals surface area contributed by atoms with Crippen molar-refractivity contribution in [2.45, 2.75) is 171 Å². The molecule has 11 unspecified atom stereocenters. The Hall–Kier alpha value is -2.73. The van der Waals surface area contributed by atoms with Gasteiger partial charge < -0.3 is 70.1 Å². The molecule has 2 aliphatic carbocycles. The fraction of sp³-hybridized carbons (Fsp3) is 0.897. The molecule has 21 heteroatoms. The minimum absolute atomic E-state index is 0.131. The Labute approximate surface area is 347 Å². The second kappa shape index (κ2) is 21.6. The van der Waals surface area contributed by atoms with Gasteiger partial charge in [-0.2, -0.15) is 13.2 Å². The van der Waals surface area contributed by atoms with Crippen molar-refractivity contribution < 1.29 is 81.6 Å². The molecule has 0 aromatic rings. The predicted octanol–water partition coefficient (Wildman–Crippen LogP) is -0.645. The molecule has 344 valence electrons. The Morgan fingerprint density at radius 2 is 1.53 bits per heavy atom. The standard InChI is InChI=1S/C39H63F3N4O14/c1-4-22-16-23(34(53)43-11-12-44-38(55)39(40,41)42)17-24(32(22)60-37-31(52)30(51)28(49)19(2)56-37)58-36-27(45-20(3)48)33(29(50)26(18-47)59-36)57-25(35(54)46-13-8-14-46)15-21-9-6-5-7-10-21/h19,21-33,36-37,47,49-52H,4-18H2,1-3H3,(H,43,53)(H,44,55)(H,45,48)/t19?,22-,23?,24?,25+,26+,27?,28?,29?,30?,31?,32?,33?,36-,37?/m1/s1. The van der Waals surface area contributed by atoms with Crippen molar-refractivity contribution in [3.05, 3.63) is 0 Å². The van der Waals surface area contributed by atoms with Gasteiger partial charge in [0.25, 0.3) is 5.91 Å². The maximum atomic E-state index is 13.9. The number of halogens is 3. The molecule has 8 N–H and O–H groups in total. The molecule has 2 saturated carbocycles. The fourth-order valence-electron chi connectivity index (χ4n) is 8.92. The molecule has 0 spiro atoms. The third-order valence-corrected chi connectivity index (χ3v) is 12.5. The summed E-state index contributed by atoms with van der Waals surface area (Å²) in [5.74, 6) is -4.78. The van der Waals surface area contributed by atoms with Crippen molar-refractivity contribution >= 4 is 23.6 Å². The molecule has 3 saturated heterocycles. The number of amides is 4. The monoisotopic (exact) mass is 868 g/mol. The predicted molar refractivity (Wildman–Crippen MR) is 201 cm³/mol. The minimum Gasteiger partial charge on any atom is -0.394 e. The van der Waals surface area contributed by atoms with Crippen LogP contribution >= 0.6 is 0 Å². The molecule has 60 heavy (non-hydrogen) atoms. The lowest BCUT2D eigenvalue weighted by atomic mass is 9.75. The molecule has 0 radical (unpaired) electrons. The lowest BCUT2D eigenvalue weighted by Gasteiger charge is -2.49. The first kappa shape index (κ1) is 48.3. The van der Waals surface area contributed by atoms with Gasteiger partial charge in [0.15, 0.2) is 12.6 Å². The van der Waals surface area contributed by atoms with Crippen LogP contribution in [0.15, 0.2) is 0 Å². The van der Waals surface area contributed by atoms with E-state index < -0.39 is 129 Å². The zero-order valence-electron chi connectivity index (χ0n) is 34.3. The Morgan fingerprint density at radius 3 is 2.13 bits per heavy atom. The van der Waals surface area contributed by atoms with Crippen LogP contribution in [0.4, 0.5) is 13.2 Å². The quantitative estimate of drug-likeness (QED) is 0.0899. The summed E-state index contributed by atoms with van der Waals surface area (Å²) in [7, 11) is 0. The fourth-order valence-corrected chi connectivity index (χ4v) is 8.92. The first-order valence-electron chi connectivity index (χ1n) is 21.2. The Morgan fingerprint density at radius 1 is 0.850 bits per heavy atom. The third kappa shape index (κ3) is 12.0. The van der Waals surface area contributed by atoms with E-state index in [0.717, 1.165) is 38.5 Å². The summed E-state index contributed by atoms with van der Waals surface area (Å²) < 4.78 is 69.5. The number of hydrogen-bond acceptors (Lipinski definition) is 14. The van der Waals surface area contributed by atoms with Crippen LogP contribution in [0.2, 0.25) is 0 Å². The van der Waals surface area contributed by atoms with Gasteiger partial charge in [-0.25, -0.2) is 0 Å². The average Bonchev–Trinajstić information content (AvgIpc) is 3.18. The van der Waals surface area contributed by atoms with Gasteiger partial charge in [0, 0.05) is 39.0 Å². The van der Waals surface area contributed by atoms with Crippen LogP contribution in [0, 0.1) is 17.8 Å². The van der Waals surface area contributed by atoms with Crippen LogP contribution in [-0.2, 0) is 42.9 Å². The van der Waals surface area contributed by atoms with Crippen molar-refractivity contribution in [1.29, 1.82) is 0 Å². The zero-order chi connectivity index (χ0) is 43.9. The van der Waals surface area contributed by atoms with E-state index in [-0.39, 0.29) is 31.2 Å². The van der Waals surface area contributed by atoms with Crippen LogP contribution in [-0.4, -0.2) is 173 Å². The van der Waals surface area contributed by atoms with Gasteiger partial charge in [-0.1, -0.05) is 45.4 Å². The highest BCUT2D eigenvalue weighted by atomic mass is 19.4. The molecule has 4 amide bonds. The number of aliphatic hydroxyl groups is 5. The summed E-state index contributed by atoms with van der Waals surface area (Å²) >= 11 is 0. The Balaban J connectivity index is 1.43. The average molecular weight is 869 g/mol. The molecule has 0 aromatic carbocycles. The topological polar surface area (TPSA) is 255 Å². The number of ether oxygens (including phenoxy) is 5. The molecule has 5 fully saturated rings. The summed E-state index contributed by atoms with van der Waals surface area (Å²) in [4.78, 5) is 53.2. The Kier molecular flexibility index (Phi) is 17.4. The molecule has 5 rings (SSSR count). The lowest BCUT2D eigenvalue weighted by Crippen LogP contribution is -2.67. The smallest absolute Gasteiger partial charge is 0.394 e. The number of carbonyl (C=O) groups is 4. The summed E-state index contributed by atoms with van der Waals surface area (Å²) in [5, 5.41) is 60.9. The van der Waals surface area contributed by atoms with Crippen LogP contribution in [0.25, 0.3) is 0 Å². The molecular weight excluding hydrogens is 805 g/mol. The van der Waals surface area contributed by atoms with Crippen molar-refractivity contribution in [2.75, 3.05) is 32.8 Å². The van der Waals surface area contributed by atoms with Crippen molar-refractivity contribution in [3.63, 3.8) is 0 Å². The number of nitrogens with one attached hydrogen (secondary N) is 3. The van der Waals surface area contributed by atoms with Crippen molar-refractivity contribution in [3.8, 4) is 0 Å². The highest BCUT2D eigenvalue weighted by molar-refractivity contribution is 5.82. The zero-order valence-corrected chi connectivity index (χ0v) is 34.3. The van der Waals surface area contributed by atoms with Gasteiger partial charge in [0.05, 0.1) is 24.9 Å². The van der Waals surface area contributed by atoms with E-state index in [1.165, 1.54) is 13.8 Å². The van der Waals surface area contributed by atoms with E-state index in [1.807, 2.05) is 0 Å². The number of aliphatic hydroxyl groups excluding tert-OH is 5. The van der Waals surface area contributed by atoms with Crippen molar-refractivity contribution in [1.82, 2.24) is 20.9 Å². The highest BCUT2D eigenvalue weighted by Gasteiger charge is 2.53. The molecule has 3 aliphatic heterocycles.